The number of aryl methyl sites for hydroxylation is 3. The van der Waals surface area contributed by atoms with Crippen molar-refractivity contribution in [2.75, 3.05) is 7.11 Å². The highest BCUT2D eigenvalue weighted by Gasteiger charge is 2.21. The second-order valence-electron chi connectivity index (χ2n) is 6.74. The third-order valence-corrected chi connectivity index (χ3v) is 6.24. The minimum absolute atomic E-state index is 0.487. The van der Waals surface area contributed by atoms with Gasteiger partial charge in [-0.3, -0.25) is 4.40 Å². The molecule has 0 bridgehead atoms. The molecule has 1 aliphatic carbocycles. The van der Waals surface area contributed by atoms with E-state index in [9.17, 15) is 5.11 Å². The van der Waals surface area contributed by atoms with E-state index < -0.39 is 6.10 Å². The maximum absolute atomic E-state index is 10.8. The maximum atomic E-state index is 10.8. The van der Waals surface area contributed by atoms with E-state index in [1.807, 2.05) is 18.3 Å². The van der Waals surface area contributed by atoms with E-state index in [1.165, 1.54) is 35.4 Å². The predicted octanol–water partition coefficient (Wildman–Crippen LogP) is 4.34. The van der Waals surface area contributed by atoms with Crippen molar-refractivity contribution in [2.24, 2.45) is 0 Å². The molecule has 1 unspecified atom stereocenters. The van der Waals surface area contributed by atoms with Crippen LogP contribution in [0.25, 0.3) is 4.96 Å². The number of methoxy groups -OCH3 is 1. The molecular formula is C20H24N2O2S. The summed E-state index contributed by atoms with van der Waals surface area (Å²) >= 11 is 1.80. The fourth-order valence-corrected chi connectivity index (χ4v) is 4.85. The Morgan fingerprint density at radius 1 is 1.20 bits per heavy atom. The number of ether oxygens (including phenoxy) is 1. The normalized spacial score (nSPS) is 15.8. The molecule has 5 heteroatoms. The third-order valence-electron chi connectivity index (χ3n) is 5.09. The van der Waals surface area contributed by atoms with Crippen molar-refractivity contribution in [1.82, 2.24) is 9.38 Å². The van der Waals surface area contributed by atoms with E-state index >= 15 is 0 Å². The summed E-state index contributed by atoms with van der Waals surface area (Å²) in [5, 5.41) is 10.8. The first-order chi connectivity index (χ1) is 12.3. The number of aliphatic hydroxyl groups is 1. The molecule has 25 heavy (non-hydrogen) atoms. The van der Waals surface area contributed by atoms with E-state index in [2.05, 4.69) is 21.5 Å². The Morgan fingerprint density at radius 3 is 2.80 bits per heavy atom. The van der Waals surface area contributed by atoms with Gasteiger partial charge in [-0.25, -0.2) is 4.98 Å². The number of rotatable bonds is 5. The average Bonchev–Trinajstić information content (AvgIpc) is 3.12. The Hall–Kier alpha value is -1.85. The first-order valence-corrected chi connectivity index (χ1v) is 9.87. The lowest BCUT2D eigenvalue weighted by Gasteiger charge is -2.12. The van der Waals surface area contributed by atoms with Crippen molar-refractivity contribution in [2.45, 2.75) is 51.0 Å². The second-order valence-corrected chi connectivity index (χ2v) is 7.80. The number of aliphatic hydroxyl groups excluding tert-OH is 1. The minimum Gasteiger partial charge on any atom is -0.497 e. The molecule has 0 saturated heterocycles. The number of nitrogens with zero attached hydrogens (tertiary/aromatic N) is 2. The SMILES string of the molecule is COc1ccc(CCC(O)c2cnc3sc4c(n23)CCCCC4)cc1. The molecule has 1 aliphatic rings. The van der Waals surface area contributed by atoms with Gasteiger partial charge in [-0.15, -0.1) is 11.3 Å². The smallest absolute Gasteiger partial charge is 0.194 e. The molecule has 0 spiro atoms. The van der Waals surface area contributed by atoms with Crippen LogP contribution in [0.1, 0.15) is 53.6 Å². The zero-order chi connectivity index (χ0) is 17.2. The summed E-state index contributed by atoms with van der Waals surface area (Å²) in [6, 6.07) is 8.07. The van der Waals surface area contributed by atoms with Gasteiger partial charge < -0.3 is 9.84 Å². The molecule has 0 amide bonds. The van der Waals surface area contributed by atoms with Crippen LogP contribution in [0, 0.1) is 0 Å². The van der Waals surface area contributed by atoms with Crippen LogP contribution in [0.5, 0.6) is 5.75 Å². The lowest BCUT2D eigenvalue weighted by atomic mass is 10.0. The van der Waals surface area contributed by atoms with Gasteiger partial charge >= 0.3 is 0 Å². The van der Waals surface area contributed by atoms with Crippen molar-refractivity contribution >= 4 is 16.3 Å². The van der Waals surface area contributed by atoms with Crippen LogP contribution in [-0.4, -0.2) is 21.6 Å². The standard InChI is InChI=1S/C20H24N2O2S/c1-24-15-10-7-14(8-11-15)9-12-18(23)17-13-21-20-22(17)16-5-3-2-4-6-19(16)25-20/h7-8,10-11,13,18,23H,2-6,9,12H2,1H3. The number of fused-ring (bicyclic) bond motifs is 3. The molecule has 1 atom stereocenters. The molecule has 1 aromatic carbocycles. The Bertz CT molecular complexity index is 851. The van der Waals surface area contributed by atoms with Crippen LogP contribution in [0.4, 0.5) is 0 Å². The molecule has 4 nitrogen and oxygen atoms in total. The van der Waals surface area contributed by atoms with Crippen molar-refractivity contribution in [1.29, 1.82) is 0 Å². The van der Waals surface area contributed by atoms with Gasteiger partial charge in [0, 0.05) is 10.6 Å². The van der Waals surface area contributed by atoms with Crippen LogP contribution < -0.4 is 4.74 Å². The number of imidazole rings is 1. The molecule has 0 radical (unpaired) electrons. The highest BCUT2D eigenvalue weighted by Crippen LogP contribution is 2.32. The Balaban J connectivity index is 1.53. The molecule has 0 saturated carbocycles. The van der Waals surface area contributed by atoms with E-state index in [1.54, 1.807) is 18.4 Å². The molecular weight excluding hydrogens is 332 g/mol. The van der Waals surface area contributed by atoms with Gasteiger partial charge in [-0.2, -0.15) is 0 Å². The Morgan fingerprint density at radius 2 is 2.00 bits per heavy atom. The van der Waals surface area contributed by atoms with Crippen LogP contribution in [0.15, 0.2) is 30.5 Å². The van der Waals surface area contributed by atoms with Gasteiger partial charge in [0.15, 0.2) is 4.96 Å². The number of aromatic nitrogens is 2. The fourth-order valence-electron chi connectivity index (χ4n) is 3.66. The monoisotopic (exact) mass is 356 g/mol. The highest BCUT2D eigenvalue weighted by atomic mass is 32.1. The largest absolute Gasteiger partial charge is 0.497 e. The van der Waals surface area contributed by atoms with Gasteiger partial charge in [0.1, 0.15) is 5.75 Å². The van der Waals surface area contributed by atoms with Crippen molar-refractivity contribution in [3.8, 4) is 5.75 Å². The average molecular weight is 356 g/mol. The maximum Gasteiger partial charge on any atom is 0.194 e. The number of hydrogen-bond acceptors (Lipinski definition) is 4. The van der Waals surface area contributed by atoms with Crippen LogP contribution in [-0.2, 0) is 19.3 Å². The molecule has 2 heterocycles. The quantitative estimate of drug-likeness (QED) is 0.692. The topological polar surface area (TPSA) is 46.8 Å². The fraction of sp³-hybridized carbons (Fsp3) is 0.450. The summed E-state index contributed by atoms with van der Waals surface area (Å²) in [4.78, 5) is 7.05. The summed E-state index contributed by atoms with van der Waals surface area (Å²) in [6.07, 6.45) is 8.97. The van der Waals surface area contributed by atoms with Gasteiger partial charge in [-0.1, -0.05) is 18.6 Å². The van der Waals surface area contributed by atoms with Gasteiger partial charge in [0.2, 0.25) is 0 Å². The summed E-state index contributed by atoms with van der Waals surface area (Å²) < 4.78 is 7.42. The Labute approximate surface area is 152 Å². The second kappa shape index (κ2) is 7.18. The van der Waals surface area contributed by atoms with Gasteiger partial charge in [-0.05, 0) is 56.2 Å². The van der Waals surface area contributed by atoms with Crippen LogP contribution in [0.2, 0.25) is 0 Å². The molecule has 0 fully saturated rings. The number of hydrogen-bond donors (Lipinski definition) is 1. The Kier molecular flexibility index (Phi) is 4.77. The zero-order valence-electron chi connectivity index (χ0n) is 14.6. The number of thiazole rings is 1. The summed E-state index contributed by atoms with van der Waals surface area (Å²) in [6.45, 7) is 0. The van der Waals surface area contributed by atoms with Crippen LogP contribution >= 0.6 is 11.3 Å². The highest BCUT2D eigenvalue weighted by molar-refractivity contribution is 7.17. The molecule has 0 aliphatic heterocycles. The minimum atomic E-state index is -0.487. The van der Waals surface area contributed by atoms with Crippen molar-refractivity contribution in [3.63, 3.8) is 0 Å². The van der Waals surface area contributed by atoms with E-state index in [-0.39, 0.29) is 0 Å². The van der Waals surface area contributed by atoms with Gasteiger partial charge in [0.25, 0.3) is 0 Å². The van der Waals surface area contributed by atoms with E-state index in [0.29, 0.717) is 6.42 Å². The molecule has 2 aromatic heterocycles. The summed E-state index contributed by atoms with van der Waals surface area (Å²) in [7, 11) is 1.67. The summed E-state index contributed by atoms with van der Waals surface area (Å²) in [5.41, 5.74) is 3.54. The first-order valence-electron chi connectivity index (χ1n) is 9.05. The predicted molar refractivity (Wildman–Crippen MR) is 101 cm³/mol. The lowest BCUT2D eigenvalue weighted by molar-refractivity contribution is 0.162. The van der Waals surface area contributed by atoms with Crippen LogP contribution in [0.3, 0.4) is 0 Å². The third kappa shape index (κ3) is 3.31. The van der Waals surface area contributed by atoms with Crippen molar-refractivity contribution in [3.05, 3.63) is 52.3 Å². The zero-order valence-corrected chi connectivity index (χ0v) is 15.4. The van der Waals surface area contributed by atoms with Gasteiger partial charge in [0.05, 0.1) is 25.1 Å². The molecule has 3 aromatic rings. The van der Waals surface area contributed by atoms with E-state index in [4.69, 9.17) is 4.74 Å². The molecule has 1 N–H and O–H groups in total. The first kappa shape index (κ1) is 16.6. The van der Waals surface area contributed by atoms with E-state index in [0.717, 1.165) is 35.7 Å². The molecule has 4 rings (SSSR count). The summed E-state index contributed by atoms with van der Waals surface area (Å²) in [5.74, 6) is 0.864. The van der Waals surface area contributed by atoms with Crippen molar-refractivity contribution < 1.29 is 9.84 Å². The molecule has 132 valence electrons. The lowest BCUT2D eigenvalue weighted by Crippen LogP contribution is -2.05. The number of benzene rings is 1.